The number of alkyl carbamates (subject to hydrolysis) is 1. The molecule has 0 aliphatic rings. The second kappa shape index (κ2) is 9.13. The van der Waals surface area contributed by atoms with Crippen molar-refractivity contribution in [2.24, 2.45) is 0 Å². The smallest absolute Gasteiger partial charge is 0.416 e. The standard InChI is InChI=1S/C22H22N2O6/c1-14-17(16-10-6-7-11-19(16)24(14)22(27)28)12-18(20(25)29-2)23-21(26)30-13-15-8-4-3-5-9-15/h3-11,18H,12-13H2,1-2H3,(H,23,26)(H,27,28)/t18-/m0/s1. The van der Waals surface area contributed by atoms with Gasteiger partial charge in [-0.15, -0.1) is 0 Å². The quantitative estimate of drug-likeness (QED) is 0.603. The normalized spacial score (nSPS) is 11.7. The minimum atomic E-state index is -1.13. The van der Waals surface area contributed by atoms with E-state index in [-0.39, 0.29) is 13.0 Å². The lowest BCUT2D eigenvalue weighted by Crippen LogP contribution is -2.43. The lowest BCUT2D eigenvalue weighted by atomic mass is 10.0. The van der Waals surface area contributed by atoms with E-state index >= 15 is 0 Å². The molecule has 1 aromatic heterocycles. The van der Waals surface area contributed by atoms with Gasteiger partial charge in [0.25, 0.3) is 0 Å². The summed E-state index contributed by atoms with van der Waals surface area (Å²) < 4.78 is 11.2. The van der Waals surface area contributed by atoms with Crippen molar-refractivity contribution < 1.29 is 29.0 Å². The molecule has 0 spiro atoms. The first-order valence-corrected chi connectivity index (χ1v) is 9.29. The fourth-order valence-electron chi connectivity index (χ4n) is 3.39. The summed E-state index contributed by atoms with van der Waals surface area (Å²) in [5.74, 6) is -0.654. The number of fused-ring (bicyclic) bond motifs is 1. The molecule has 0 saturated heterocycles. The molecule has 0 saturated carbocycles. The van der Waals surface area contributed by atoms with Crippen molar-refractivity contribution in [2.75, 3.05) is 7.11 Å². The van der Waals surface area contributed by atoms with Crippen molar-refractivity contribution in [3.63, 3.8) is 0 Å². The van der Waals surface area contributed by atoms with Crippen LogP contribution in [0.5, 0.6) is 0 Å². The summed E-state index contributed by atoms with van der Waals surface area (Å²) in [5, 5.41) is 12.8. The number of esters is 1. The zero-order valence-corrected chi connectivity index (χ0v) is 16.6. The largest absolute Gasteiger partial charge is 0.467 e. The SMILES string of the molecule is COC(=O)[C@H](Cc1c(C)n(C(=O)O)c2ccccc12)NC(=O)OCc1ccccc1. The van der Waals surface area contributed by atoms with E-state index in [0.717, 1.165) is 10.1 Å². The summed E-state index contributed by atoms with van der Waals surface area (Å²) >= 11 is 0. The first-order chi connectivity index (χ1) is 14.4. The van der Waals surface area contributed by atoms with Crippen molar-refractivity contribution >= 4 is 29.1 Å². The third kappa shape index (κ3) is 4.43. The molecular formula is C22H22N2O6. The van der Waals surface area contributed by atoms with Gasteiger partial charge < -0.3 is 19.9 Å². The maximum absolute atomic E-state index is 12.3. The Morgan fingerprint density at radius 1 is 1.07 bits per heavy atom. The minimum Gasteiger partial charge on any atom is -0.467 e. The van der Waals surface area contributed by atoms with Crippen molar-refractivity contribution in [1.82, 2.24) is 9.88 Å². The van der Waals surface area contributed by atoms with Crippen LogP contribution in [0.25, 0.3) is 10.9 Å². The van der Waals surface area contributed by atoms with E-state index in [1.165, 1.54) is 7.11 Å². The molecule has 1 atom stereocenters. The summed E-state index contributed by atoms with van der Waals surface area (Å²) in [7, 11) is 1.22. The molecule has 1 heterocycles. The molecule has 8 heteroatoms. The number of aromatic nitrogens is 1. The van der Waals surface area contributed by atoms with Gasteiger partial charge in [0.2, 0.25) is 0 Å². The lowest BCUT2D eigenvalue weighted by molar-refractivity contribution is -0.143. The number of hydrogen-bond acceptors (Lipinski definition) is 5. The summed E-state index contributed by atoms with van der Waals surface area (Å²) in [6.45, 7) is 1.71. The lowest BCUT2D eigenvalue weighted by Gasteiger charge is -2.17. The van der Waals surface area contributed by atoms with Crippen LogP contribution in [0.2, 0.25) is 0 Å². The zero-order valence-electron chi connectivity index (χ0n) is 16.6. The monoisotopic (exact) mass is 410 g/mol. The average Bonchev–Trinajstić information content (AvgIpc) is 3.03. The number of carbonyl (C=O) groups excluding carboxylic acids is 2. The number of ether oxygens (including phenoxy) is 2. The molecule has 2 N–H and O–H groups in total. The van der Waals surface area contributed by atoms with Crippen LogP contribution in [0.3, 0.4) is 0 Å². The number of para-hydroxylation sites is 1. The van der Waals surface area contributed by atoms with Gasteiger partial charge in [-0.25, -0.2) is 19.0 Å². The Hall–Kier alpha value is -3.81. The number of benzene rings is 2. The predicted octanol–water partition coefficient (Wildman–Crippen LogP) is 3.49. The number of hydrogen-bond donors (Lipinski definition) is 2. The van der Waals surface area contributed by atoms with E-state index in [9.17, 15) is 19.5 Å². The van der Waals surface area contributed by atoms with Gasteiger partial charge in [-0.2, -0.15) is 0 Å². The first-order valence-electron chi connectivity index (χ1n) is 9.29. The summed E-state index contributed by atoms with van der Waals surface area (Å²) in [5.41, 5.74) is 2.42. The maximum Gasteiger partial charge on any atom is 0.416 e. The van der Waals surface area contributed by atoms with Crippen LogP contribution in [0, 0.1) is 6.92 Å². The van der Waals surface area contributed by atoms with Gasteiger partial charge >= 0.3 is 18.2 Å². The average molecular weight is 410 g/mol. The van der Waals surface area contributed by atoms with E-state index in [2.05, 4.69) is 5.32 Å². The van der Waals surface area contributed by atoms with Crippen LogP contribution in [-0.2, 0) is 27.3 Å². The first kappa shape index (κ1) is 20.9. The van der Waals surface area contributed by atoms with Gasteiger partial charge in [0.1, 0.15) is 12.6 Å². The van der Waals surface area contributed by atoms with Crippen molar-refractivity contribution in [3.8, 4) is 0 Å². The Kier molecular flexibility index (Phi) is 6.36. The Morgan fingerprint density at radius 3 is 2.40 bits per heavy atom. The molecule has 8 nitrogen and oxygen atoms in total. The van der Waals surface area contributed by atoms with Gasteiger partial charge in [-0.05, 0) is 24.1 Å². The molecule has 0 radical (unpaired) electrons. The number of carbonyl (C=O) groups is 3. The van der Waals surface area contributed by atoms with Gasteiger partial charge in [0.05, 0.1) is 12.6 Å². The maximum atomic E-state index is 12.3. The molecule has 2 aromatic carbocycles. The highest BCUT2D eigenvalue weighted by Crippen LogP contribution is 2.27. The molecule has 0 bridgehead atoms. The molecular weight excluding hydrogens is 388 g/mol. The molecule has 0 unspecified atom stereocenters. The second-order valence-electron chi connectivity index (χ2n) is 6.69. The molecule has 3 rings (SSSR count). The Balaban J connectivity index is 1.82. The van der Waals surface area contributed by atoms with Gasteiger partial charge in [-0.3, -0.25) is 0 Å². The van der Waals surface area contributed by atoms with Gasteiger partial charge in [0, 0.05) is 17.5 Å². The van der Waals surface area contributed by atoms with Crippen LogP contribution >= 0.6 is 0 Å². The number of carboxylic acid groups (broad SMARTS) is 1. The highest BCUT2D eigenvalue weighted by atomic mass is 16.6. The highest BCUT2D eigenvalue weighted by molar-refractivity contribution is 5.93. The summed E-state index contributed by atoms with van der Waals surface area (Å²) in [6.07, 6.45) is -1.84. The zero-order chi connectivity index (χ0) is 21.7. The fourth-order valence-corrected chi connectivity index (χ4v) is 3.39. The summed E-state index contributed by atoms with van der Waals surface area (Å²) in [6, 6.07) is 15.1. The predicted molar refractivity (Wildman–Crippen MR) is 109 cm³/mol. The van der Waals surface area contributed by atoms with Crippen LogP contribution in [0.4, 0.5) is 9.59 Å². The molecule has 156 valence electrons. The number of rotatable bonds is 6. The van der Waals surface area contributed by atoms with E-state index in [4.69, 9.17) is 9.47 Å². The number of nitrogens with one attached hydrogen (secondary N) is 1. The van der Waals surface area contributed by atoms with E-state index < -0.39 is 24.2 Å². The molecule has 3 aromatic rings. The van der Waals surface area contributed by atoms with E-state index in [1.807, 2.05) is 30.3 Å². The molecule has 0 aliphatic carbocycles. The Bertz CT molecular complexity index is 1070. The molecule has 30 heavy (non-hydrogen) atoms. The van der Waals surface area contributed by atoms with Crippen LogP contribution in [-0.4, -0.2) is 41.0 Å². The van der Waals surface area contributed by atoms with Crippen molar-refractivity contribution in [2.45, 2.75) is 26.0 Å². The van der Waals surface area contributed by atoms with E-state index in [0.29, 0.717) is 22.2 Å². The molecule has 0 aliphatic heterocycles. The molecule has 1 amide bonds. The third-order valence-electron chi connectivity index (χ3n) is 4.83. The van der Waals surface area contributed by atoms with Crippen LogP contribution in [0.1, 0.15) is 16.8 Å². The third-order valence-corrected chi connectivity index (χ3v) is 4.83. The highest BCUT2D eigenvalue weighted by Gasteiger charge is 2.27. The van der Waals surface area contributed by atoms with Crippen molar-refractivity contribution in [3.05, 3.63) is 71.4 Å². The van der Waals surface area contributed by atoms with Crippen LogP contribution in [0.15, 0.2) is 54.6 Å². The van der Waals surface area contributed by atoms with Gasteiger partial charge in [-0.1, -0.05) is 48.5 Å². The minimum absolute atomic E-state index is 0.0535. The Labute approximate surface area is 173 Å². The fraction of sp³-hybridized carbons (Fsp3) is 0.227. The van der Waals surface area contributed by atoms with E-state index in [1.54, 1.807) is 31.2 Å². The Morgan fingerprint density at radius 2 is 1.73 bits per heavy atom. The number of nitrogens with zero attached hydrogens (tertiary/aromatic N) is 1. The van der Waals surface area contributed by atoms with Gasteiger partial charge in [0.15, 0.2) is 0 Å². The molecule has 0 fully saturated rings. The van der Waals surface area contributed by atoms with Crippen LogP contribution < -0.4 is 5.32 Å². The number of methoxy groups -OCH3 is 1. The summed E-state index contributed by atoms with van der Waals surface area (Å²) in [4.78, 5) is 36.3. The topological polar surface area (TPSA) is 107 Å². The number of amides is 1. The second-order valence-corrected chi connectivity index (χ2v) is 6.69. The van der Waals surface area contributed by atoms with Crippen molar-refractivity contribution in [1.29, 1.82) is 0 Å².